The molecule has 6 heteroatoms. The van der Waals surface area contributed by atoms with Gasteiger partial charge in [0.2, 0.25) is 0 Å². The molecule has 3 aromatic rings. The molecule has 1 aromatic carbocycles. The highest BCUT2D eigenvalue weighted by atomic mass is 32.1. The minimum atomic E-state index is -0.496. The summed E-state index contributed by atoms with van der Waals surface area (Å²) in [7, 11) is 1.54. The molecule has 0 saturated carbocycles. The van der Waals surface area contributed by atoms with Gasteiger partial charge < -0.3 is 13.9 Å². The number of carbonyl (C=O) groups is 1. The topological polar surface area (TPSA) is 65.7 Å². The Bertz CT molecular complexity index is 922. The zero-order valence-electron chi connectivity index (χ0n) is 12.6. The average molecular weight is 330 g/mol. The molecule has 0 fully saturated rings. The van der Waals surface area contributed by atoms with Gasteiger partial charge in [-0.2, -0.15) is 0 Å². The van der Waals surface area contributed by atoms with Crippen molar-refractivity contribution in [3.8, 4) is 5.75 Å². The van der Waals surface area contributed by atoms with Crippen molar-refractivity contribution in [2.24, 2.45) is 0 Å². The van der Waals surface area contributed by atoms with E-state index in [1.54, 1.807) is 18.2 Å². The summed E-state index contributed by atoms with van der Waals surface area (Å²) in [6.07, 6.45) is 0. The SMILES string of the molecule is COc1ccc2c(COC(=O)c3sccc3C)cc(=O)oc2c1. The van der Waals surface area contributed by atoms with Crippen LogP contribution in [0.3, 0.4) is 0 Å². The van der Waals surface area contributed by atoms with Crippen molar-refractivity contribution in [2.75, 3.05) is 7.11 Å². The van der Waals surface area contributed by atoms with Crippen molar-refractivity contribution in [1.82, 2.24) is 0 Å². The van der Waals surface area contributed by atoms with Gasteiger partial charge in [0, 0.05) is 23.1 Å². The van der Waals surface area contributed by atoms with Gasteiger partial charge in [0.05, 0.1) is 7.11 Å². The molecule has 0 aliphatic rings. The Kier molecular flexibility index (Phi) is 4.16. The molecule has 0 saturated heterocycles. The van der Waals surface area contributed by atoms with Gasteiger partial charge in [-0.3, -0.25) is 0 Å². The van der Waals surface area contributed by atoms with E-state index in [1.165, 1.54) is 24.5 Å². The monoisotopic (exact) mass is 330 g/mol. The van der Waals surface area contributed by atoms with E-state index in [0.717, 1.165) is 5.56 Å². The molecule has 2 heterocycles. The van der Waals surface area contributed by atoms with Crippen LogP contribution in [0.4, 0.5) is 0 Å². The number of benzene rings is 1. The lowest BCUT2D eigenvalue weighted by Crippen LogP contribution is -2.07. The van der Waals surface area contributed by atoms with Gasteiger partial charge in [0.25, 0.3) is 0 Å². The Morgan fingerprint density at radius 3 is 2.78 bits per heavy atom. The summed E-state index contributed by atoms with van der Waals surface area (Å²) in [5.74, 6) is 0.191. The predicted octanol–water partition coefficient (Wildman–Crippen LogP) is 3.53. The van der Waals surface area contributed by atoms with Gasteiger partial charge in [-0.05, 0) is 36.1 Å². The number of fused-ring (bicyclic) bond motifs is 1. The molecule has 0 spiro atoms. The van der Waals surface area contributed by atoms with Crippen molar-refractivity contribution >= 4 is 28.3 Å². The number of thiophene rings is 1. The maximum absolute atomic E-state index is 12.1. The van der Waals surface area contributed by atoms with Crippen LogP contribution in [0.2, 0.25) is 0 Å². The molecule has 0 aliphatic heterocycles. The third-order valence-electron chi connectivity index (χ3n) is 3.44. The van der Waals surface area contributed by atoms with E-state index in [9.17, 15) is 9.59 Å². The van der Waals surface area contributed by atoms with E-state index < -0.39 is 11.6 Å². The summed E-state index contributed by atoms with van der Waals surface area (Å²) in [5.41, 5.74) is 1.38. The molecule has 0 atom stereocenters. The Morgan fingerprint density at radius 2 is 2.09 bits per heavy atom. The first-order valence-electron chi connectivity index (χ1n) is 6.90. The lowest BCUT2D eigenvalue weighted by Gasteiger charge is -2.08. The molecular formula is C17H14O5S. The summed E-state index contributed by atoms with van der Waals surface area (Å²) < 4.78 is 15.6. The molecule has 0 bridgehead atoms. The van der Waals surface area contributed by atoms with E-state index in [0.29, 0.717) is 27.2 Å². The normalized spacial score (nSPS) is 10.7. The van der Waals surface area contributed by atoms with E-state index in [1.807, 2.05) is 18.4 Å². The number of ether oxygens (including phenoxy) is 2. The van der Waals surface area contributed by atoms with Gasteiger partial charge in [-0.25, -0.2) is 9.59 Å². The fourth-order valence-electron chi connectivity index (χ4n) is 2.25. The van der Waals surface area contributed by atoms with Crippen LogP contribution in [0.25, 0.3) is 11.0 Å². The Labute approximate surface area is 136 Å². The highest BCUT2D eigenvalue weighted by Crippen LogP contribution is 2.24. The fourth-order valence-corrected chi connectivity index (χ4v) is 3.06. The maximum Gasteiger partial charge on any atom is 0.348 e. The third kappa shape index (κ3) is 3.12. The van der Waals surface area contributed by atoms with Crippen LogP contribution in [0.1, 0.15) is 20.8 Å². The number of esters is 1. The number of methoxy groups -OCH3 is 1. The number of aryl methyl sites for hydroxylation is 1. The largest absolute Gasteiger partial charge is 0.497 e. The van der Waals surface area contributed by atoms with E-state index in [4.69, 9.17) is 13.9 Å². The number of hydrogen-bond donors (Lipinski definition) is 0. The quantitative estimate of drug-likeness (QED) is 0.541. The molecule has 0 amide bonds. The van der Waals surface area contributed by atoms with Crippen molar-refractivity contribution in [3.05, 3.63) is 62.1 Å². The predicted molar refractivity (Wildman–Crippen MR) is 87.2 cm³/mol. The van der Waals surface area contributed by atoms with E-state index in [2.05, 4.69) is 0 Å². The number of rotatable bonds is 4. The molecule has 2 aromatic heterocycles. The first-order chi connectivity index (χ1) is 11.1. The summed E-state index contributed by atoms with van der Waals surface area (Å²) in [4.78, 5) is 24.3. The van der Waals surface area contributed by atoms with Gasteiger partial charge >= 0.3 is 11.6 Å². The molecule has 118 valence electrons. The third-order valence-corrected chi connectivity index (χ3v) is 4.44. The van der Waals surface area contributed by atoms with E-state index in [-0.39, 0.29) is 6.61 Å². The van der Waals surface area contributed by atoms with Gasteiger partial charge in [0.1, 0.15) is 22.8 Å². The summed E-state index contributed by atoms with van der Waals surface area (Å²) in [5, 5.41) is 2.55. The lowest BCUT2D eigenvalue weighted by atomic mass is 10.1. The summed E-state index contributed by atoms with van der Waals surface area (Å²) in [6, 6.07) is 8.36. The zero-order valence-corrected chi connectivity index (χ0v) is 13.4. The molecule has 23 heavy (non-hydrogen) atoms. The average Bonchev–Trinajstić information content (AvgIpc) is 2.97. The molecule has 0 N–H and O–H groups in total. The molecule has 0 radical (unpaired) electrons. The first kappa shape index (κ1) is 15.3. The van der Waals surface area contributed by atoms with Crippen LogP contribution in [-0.2, 0) is 11.3 Å². The smallest absolute Gasteiger partial charge is 0.348 e. The standard InChI is InChI=1S/C17H14O5S/c1-10-5-6-23-16(10)17(19)21-9-11-7-15(18)22-14-8-12(20-2)3-4-13(11)14/h3-8H,9H2,1-2H3. The second-order valence-electron chi connectivity index (χ2n) is 4.96. The maximum atomic E-state index is 12.1. The Hall–Kier alpha value is -2.60. The second-order valence-corrected chi connectivity index (χ2v) is 5.88. The second kappa shape index (κ2) is 6.26. The number of carbonyl (C=O) groups excluding carboxylic acids is 1. The van der Waals surface area contributed by atoms with Gasteiger partial charge in [-0.1, -0.05) is 0 Å². The van der Waals surface area contributed by atoms with Crippen molar-refractivity contribution in [1.29, 1.82) is 0 Å². The highest BCUT2D eigenvalue weighted by molar-refractivity contribution is 7.12. The first-order valence-corrected chi connectivity index (χ1v) is 7.78. The van der Waals surface area contributed by atoms with Gasteiger partial charge in [-0.15, -0.1) is 11.3 Å². The van der Waals surface area contributed by atoms with Crippen LogP contribution in [0.5, 0.6) is 5.75 Å². The summed E-state index contributed by atoms with van der Waals surface area (Å²) in [6.45, 7) is 1.86. The number of hydrogen-bond acceptors (Lipinski definition) is 6. The summed E-state index contributed by atoms with van der Waals surface area (Å²) >= 11 is 1.33. The van der Waals surface area contributed by atoms with Crippen LogP contribution in [0, 0.1) is 6.92 Å². The minimum absolute atomic E-state index is 0.00457. The van der Waals surface area contributed by atoms with E-state index >= 15 is 0 Å². The minimum Gasteiger partial charge on any atom is -0.497 e. The van der Waals surface area contributed by atoms with Crippen molar-refractivity contribution in [2.45, 2.75) is 13.5 Å². The van der Waals surface area contributed by atoms with Crippen LogP contribution < -0.4 is 10.4 Å². The fraction of sp³-hybridized carbons (Fsp3) is 0.176. The van der Waals surface area contributed by atoms with Crippen LogP contribution in [0.15, 0.2) is 44.9 Å². The van der Waals surface area contributed by atoms with Crippen molar-refractivity contribution in [3.63, 3.8) is 0 Å². The highest BCUT2D eigenvalue weighted by Gasteiger charge is 2.14. The lowest BCUT2D eigenvalue weighted by molar-refractivity contribution is 0.0479. The molecular weight excluding hydrogens is 316 g/mol. The molecule has 0 aliphatic carbocycles. The Morgan fingerprint density at radius 1 is 1.26 bits per heavy atom. The molecule has 0 unspecified atom stereocenters. The van der Waals surface area contributed by atoms with Gasteiger partial charge in [0.15, 0.2) is 0 Å². The Balaban J connectivity index is 1.89. The zero-order chi connectivity index (χ0) is 16.4. The van der Waals surface area contributed by atoms with Crippen LogP contribution >= 0.6 is 11.3 Å². The van der Waals surface area contributed by atoms with Crippen molar-refractivity contribution < 1.29 is 18.7 Å². The van der Waals surface area contributed by atoms with Crippen LogP contribution in [-0.4, -0.2) is 13.1 Å². The molecule has 5 nitrogen and oxygen atoms in total. The molecule has 3 rings (SSSR count).